The fraction of sp³-hybridized carbons (Fsp3) is 0.375. The summed E-state index contributed by atoms with van der Waals surface area (Å²) in [7, 11) is 0. The Morgan fingerprint density at radius 3 is 3.54 bits per heavy atom. The molecule has 5 heteroatoms. The van der Waals surface area contributed by atoms with Crippen molar-refractivity contribution in [2.75, 3.05) is 6.54 Å². The lowest BCUT2D eigenvalue weighted by atomic mass is 10.1. The quantitative estimate of drug-likeness (QED) is 0.648. The summed E-state index contributed by atoms with van der Waals surface area (Å²) in [6.07, 6.45) is 2.62. The molecule has 3 rings (SSSR count). The van der Waals surface area contributed by atoms with Gasteiger partial charge in [-0.05, 0) is 13.0 Å². The smallest absolute Gasteiger partial charge is 0.195 e. The Kier molecular flexibility index (Phi) is 1.53. The van der Waals surface area contributed by atoms with Crippen LogP contribution in [-0.4, -0.2) is 12.9 Å². The van der Waals surface area contributed by atoms with Gasteiger partial charge in [-0.15, -0.1) is 11.3 Å². The Labute approximate surface area is 79.6 Å². The number of nitrogens with zero attached hydrogens (tertiary/aromatic N) is 1. The number of hydrogen-bond acceptors (Lipinski definition) is 5. The van der Waals surface area contributed by atoms with Gasteiger partial charge in [-0.25, -0.2) is 10.5 Å². The zero-order chi connectivity index (χ0) is 8.67. The molecule has 0 aromatic carbocycles. The molecule has 0 amide bonds. The molecule has 0 unspecified atom stereocenters. The predicted octanol–water partition coefficient (Wildman–Crippen LogP) is 0.951. The highest BCUT2D eigenvalue weighted by molar-refractivity contribution is 7.16. The van der Waals surface area contributed by atoms with Gasteiger partial charge < -0.3 is 10.2 Å². The van der Waals surface area contributed by atoms with E-state index in [0.717, 1.165) is 30.3 Å². The summed E-state index contributed by atoms with van der Waals surface area (Å²) in [4.78, 5) is 10.9. The van der Waals surface area contributed by atoms with Crippen molar-refractivity contribution in [3.63, 3.8) is 0 Å². The minimum absolute atomic E-state index is 0.934. The van der Waals surface area contributed by atoms with E-state index >= 15 is 0 Å². The molecule has 1 aromatic heterocycles. The fourth-order valence-electron chi connectivity index (χ4n) is 1.65. The molecule has 0 saturated heterocycles. The Morgan fingerprint density at radius 2 is 2.54 bits per heavy atom. The number of fused-ring (bicyclic) bond motifs is 3. The normalized spacial score (nSPS) is 18.5. The van der Waals surface area contributed by atoms with Crippen LogP contribution in [0.15, 0.2) is 4.99 Å². The van der Waals surface area contributed by atoms with Crippen molar-refractivity contribution in [3.8, 4) is 5.75 Å². The van der Waals surface area contributed by atoms with Gasteiger partial charge in [0.05, 0.1) is 0 Å². The summed E-state index contributed by atoms with van der Waals surface area (Å²) in [5.74, 6) is 0.934. The lowest BCUT2D eigenvalue weighted by Gasteiger charge is -2.14. The third-order valence-corrected chi connectivity index (χ3v) is 3.38. The molecule has 0 saturated carbocycles. The first-order chi connectivity index (χ1) is 6.45. The van der Waals surface area contributed by atoms with Crippen molar-refractivity contribution in [1.82, 2.24) is 10.8 Å². The van der Waals surface area contributed by atoms with E-state index in [1.807, 2.05) is 0 Å². The van der Waals surface area contributed by atoms with Crippen LogP contribution < -0.4 is 15.6 Å². The average molecular weight is 195 g/mol. The lowest BCUT2D eigenvalue weighted by Crippen LogP contribution is -2.24. The first kappa shape index (κ1) is 7.34. The summed E-state index contributed by atoms with van der Waals surface area (Å²) in [6.45, 7) is 1.98. The van der Waals surface area contributed by atoms with Crippen LogP contribution in [0.1, 0.15) is 10.4 Å². The van der Waals surface area contributed by atoms with Gasteiger partial charge in [-0.2, -0.15) is 0 Å². The summed E-state index contributed by atoms with van der Waals surface area (Å²) in [6, 6.07) is 0. The molecule has 2 N–H and O–H groups in total. The van der Waals surface area contributed by atoms with E-state index in [2.05, 4.69) is 15.8 Å². The summed E-state index contributed by atoms with van der Waals surface area (Å²) in [5.41, 5.74) is 3.99. The monoisotopic (exact) mass is 195 g/mol. The predicted molar refractivity (Wildman–Crippen MR) is 51.6 cm³/mol. The standard InChI is InChI=1S/C8H9N3OS/c1-2-9-3-6-5(1)7-8(13-6)10-4-11-12-7/h4,9H,1-3H2,(H,10,11). The number of rotatable bonds is 0. The van der Waals surface area contributed by atoms with Gasteiger partial charge in [0.15, 0.2) is 10.8 Å². The molecule has 0 spiro atoms. The van der Waals surface area contributed by atoms with Crippen LogP contribution in [0.5, 0.6) is 5.75 Å². The van der Waals surface area contributed by atoms with E-state index in [4.69, 9.17) is 4.84 Å². The Hall–Kier alpha value is -1.07. The molecule has 0 fully saturated rings. The van der Waals surface area contributed by atoms with Crippen LogP contribution in [-0.2, 0) is 13.0 Å². The summed E-state index contributed by atoms with van der Waals surface area (Å²) >= 11 is 1.71. The zero-order valence-electron chi connectivity index (χ0n) is 6.96. The summed E-state index contributed by atoms with van der Waals surface area (Å²) in [5, 5.41) is 4.33. The molecule has 0 radical (unpaired) electrons. The Bertz CT molecular complexity index is 372. The second kappa shape index (κ2) is 2.71. The van der Waals surface area contributed by atoms with Crippen molar-refractivity contribution < 1.29 is 4.84 Å². The highest BCUT2D eigenvalue weighted by Gasteiger charge is 2.23. The number of hydrogen-bond donors (Lipinski definition) is 2. The molecule has 0 bridgehead atoms. The molecule has 1 aromatic rings. The van der Waals surface area contributed by atoms with Gasteiger partial charge in [0.1, 0.15) is 6.34 Å². The molecule has 0 atom stereocenters. The van der Waals surface area contributed by atoms with Gasteiger partial charge >= 0.3 is 0 Å². The fourth-order valence-corrected chi connectivity index (χ4v) is 2.74. The molecule has 13 heavy (non-hydrogen) atoms. The van der Waals surface area contributed by atoms with Crippen LogP contribution in [0.4, 0.5) is 5.00 Å². The van der Waals surface area contributed by atoms with Crippen molar-refractivity contribution in [3.05, 3.63) is 10.4 Å². The largest absolute Gasteiger partial charge is 0.378 e. The highest BCUT2D eigenvalue weighted by Crippen LogP contribution is 2.43. The minimum atomic E-state index is 0.934. The lowest BCUT2D eigenvalue weighted by molar-refractivity contribution is 0.261. The molecule has 0 aliphatic carbocycles. The number of aliphatic imine (C=N–C) groups is 1. The van der Waals surface area contributed by atoms with E-state index < -0.39 is 0 Å². The second-order valence-corrected chi connectivity index (χ2v) is 4.13. The third-order valence-electron chi connectivity index (χ3n) is 2.26. The first-order valence-electron chi connectivity index (χ1n) is 4.25. The van der Waals surface area contributed by atoms with E-state index in [1.165, 1.54) is 10.4 Å². The highest BCUT2D eigenvalue weighted by atomic mass is 32.1. The van der Waals surface area contributed by atoms with E-state index in [9.17, 15) is 0 Å². The molecule has 4 nitrogen and oxygen atoms in total. The maximum absolute atomic E-state index is 5.35. The van der Waals surface area contributed by atoms with Crippen molar-refractivity contribution in [2.24, 2.45) is 4.99 Å². The Balaban J connectivity index is 2.15. The number of nitrogens with one attached hydrogen (secondary N) is 2. The van der Waals surface area contributed by atoms with Gasteiger partial charge in [-0.3, -0.25) is 0 Å². The maximum Gasteiger partial charge on any atom is 0.195 e. The van der Waals surface area contributed by atoms with E-state index in [0.29, 0.717) is 0 Å². The van der Waals surface area contributed by atoms with Crippen LogP contribution in [0, 0.1) is 0 Å². The van der Waals surface area contributed by atoms with Crippen LogP contribution in [0.25, 0.3) is 0 Å². The zero-order valence-corrected chi connectivity index (χ0v) is 7.78. The van der Waals surface area contributed by atoms with Gasteiger partial charge in [0.2, 0.25) is 0 Å². The van der Waals surface area contributed by atoms with Gasteiger partial charge in [-0.1, -0.05) is 0 Å². The van der Waals surface area contributed by atoms with Crippen molar-refractivity contribution in [1.29, 1.82) is 0 Å². The molecule has 68 valence electrons. The van der Waals surface area contributed by atoms with Crippen molar-refractivity contribution >= 4 is 22.7 Å². The summed E-state index contributed by atoms with van der Waals surface area (Å²) < 4.78 is 0. The first-order valence-corrected chi connectivity index (χ1v) is 5.07. The Morgan fingerprint density at radius 1 is 1.54 bits per heavy atom. The van der Waals surface area contributed by atoms with E-state index in [-0.39, 0.29) is 0 Å². The number of thiophene rings is 1. The van der Waals surface area contributed by atoms with Crippen LogP contribution in [0.3, 0.4) is 0 Å². The van der Waals surface area contributed by atoms with Crippen LogP contribution in [0.2, 0.25) is 0 Å². The molecule has 3 heterocycles. The molecular formula is C8H9N3OS. The minimum Gasteiger partial charge on any atom is -0.378 e. The third kappa shape index (κ3) is 1.04. The van der Waals surface area contributed by atoms with Crippen LogP contribution >= 0.6 is 11.3 Å². The number of hydroxylamine groups is 1. The molecule has 2 aliphatic rings. The maximum atomic E-state index is 5.35. The van der Waals surface area contributed by atoms with E-state index in [1.54, 1.807) is 17.7 Å². The average Bonchev–Trinajstić information content (AvgIpc) is 2.56. The molecule has 2 aliphatic heterocycles. The SMILES string of the molecule is C1=Nc2sc3c(c2ON1)CCNC3. The topological polar surface area (TPSA) is 45.6 Å². The van der Waals surface area contributed by atoms with Gasteiger partial charge in [0, 0.05) is 17.0 Å². The van der Waals surface area contributed by atoms with Crippen molar-refractivity contribution in [2.45, 2.75) is 13.0 Å². The second-order valence-electron chi connectivity index (χ2n) is 3.04. The molecular weight excluding hydrogens is 186 g/mol. The van der Waals surface area contributed by atoms with Gasteiger partial charge in [0.25, 0.3) is 0 Å².